The molecule has 8 heteroatoms. The average Bonchev–Trinajstić information content (AvgIpc) is 2.94. The van der Waals surface area contributed by atoms with E-state index in [1.807, 2.05) is 13.0 Å². The van der Waals surface area contributed by atoms with Gasteiger partial charge in [0.05, 0.1) is 5.69 Å². The van der Waals surface area contributed by atoms with Crippen LogP contribution < -0.4 is 14.8 Å². The lowest BCUT2D eigenvalue weighted by Crippen LogP contribution is -2.49. The number of piperidine rings is 1. The number of aryl methyl sites for hydroxylation is 1. The molecular weight excluding hydrogens is 359 g/mol. The van der Waals surface area contributed by atoms with Crippen molar-refractivity contribution in [2.75, 3.05) is 13.1 Å². The fraction of sp³-hybridized carbons (Fsp3) is 0.526. The van der Waals surface area contributed by atoms with Gasteiger partial charge in [0.2, 0.25) is 5.88 Å². The van der Waals surface area contributed by atoms with Gasteiger partial charge in [0.1, 0.15) is 11.9 Å². The Morgan fingerprint density at radius 1 is 1.15 bits per heavy atom. The summed E-state index contributed by atoms with van der Waals surface area (Å²) >= 11 is 0. The summed E-state index contributed by atoms with van der Waals surface area (Å²) in [6, 6.07) is 7.48. The van der Waals surface area contributed by atoms with Crippen molar-refractivity contribution in [3.05, 3.63) is 36.0 Å². The Morgan fingerprint density at radius 3 is 2.44 bits per heavy atom. The van der Waals surface area contributed by atoms with Gasteiger partial charge < -0.3 is 14.8 Å². The van der Waals surface area contributed by atoms with Crippen molar-refractivity contribution in [3.8, 4) is 17.3 Å². The maximum absolute atomic E-state index is 12.3. The summed E-state index contributed by atoms with van der Waals surface area (Å²) in [7, 11) is 0. The van der Waals surface area contributed by atoms with E-state index in [1.165, 1.54) is 37.1 Å². The van der Waals surface area contributed by atoms with Crippen molar-refractivity contribution in [3.63, 3.8) is 0 Å². The molecule has 146 valence electrons. The number of rotatable bonds is 4. The number of hydrogen-bond acceptors (Lipinski definition) is 4. The van der Waals surface area contributed by atoms with Crippen LogP contribution in [-0.2, 0) is 0 Å². The molecule has 4 rings (SSSR count). The Labute approximate surface area is 155 Å². The SMILES string of the molecule is Cc1cc(OC2CC3(CCNCC3)C2)nn1-c1ccc(OC(F)(F)F)cc1. The average molecular weight is 381 g/mol. The second-order valence-electron chi connectivity index (χ2n) is 7.48. The summed E-state index contributed by atoms with van der Waals surface area (Å²) in [5.41, 5.74) is 1.94. The summed E-state index contributed by atoms with van der Waals surface area (Å²) in [6.07, 6.45) is 0.0139. The van der Waals surface area contributed by atoms with Crippen LogP contribution in [0, 0.1) is 12.3 Å². The van der Waals surface area contributed by atoms with Crippen LogP contribution in [0.3, 0.4) is 0 Å². The van der Waals surface area contributed by atoms with Gasteiger partial charge in [-0.05, 0) is 75.4 Å². The third-order valence-electron chi connectivity index (χ3n) is 5.45. The quantitative estimate of drug-likeness (QED) is 0.870. The predicted molar refractivity (Wildman–Crippen MR) is 93.2 cm³/mol. The summed E-state index contributed by atoms with van der Waals surface area (Å²) in [4.78, 5) is 0. The smallest absolute Gasteiger partial charge is 0.473 e. The van der Waals surface area contributed by atoms with E-state index >= 15 is 0 Å². The zero-order valence-corrected chi connectivity index (χ0v) is 15.1. The highest BCUT2D eigenvalue weighted by molar-refractivity contribution is 5.39. The molecule has 1 saturated heterocycles. The number of benzene rings is 1. The van der Waals surface area contributed by atoms with Gasteiger partial charge in [-0.15, -0.1) is 18.3 Å². The van der Waals surface area contributed by atoms with Gasteiger partial charge in [0.15, 0.2) is 0 Å². The largest absolute Gasteiger partial charge is 0.573 e. The Balaban J connectivity index is 1.40. The molecule has 0 unspecified atom stereocenters. The highest BCUT2D eigenvalue weighted by Gasteiger charge is 2.46. The zero-order chi connectivity index (χ0) is 19.1. The van der Waals surface area contributed by atoms with Crippen LogP contribution in [0.25, 0.3) is 5.69 Å². The molecule has 0 bridgehead atoms. The molecule has 2 fully saturated rings. The molecule has 5 nitrogen and oxygen atoms in total. The molecule has 2 heterocycles. The van der Waals surface area contributed by atoms with Crippen LogP contribution >= 0.6 is 0 Å². The Hall–Kier alpha value is -2.22. The summed E-state index contributed by atoms with van der Waals surface area (Å²) in [6.45, 7) is 4.04. The maximum Gasteiger partial charge on any atom is 0.573 e. The molecule has 1 saturated carbocycles. The number of halogens is 3. The van der Waals surface area contributed by atoms with Crippen LogP contribution in [0.1, 0.15) is 31.4 Å². The van der Waals surface area contributed by atoms with Crippen LogP contribution in [-0.4, -0.2) is 35.3 Å². The summed E-state index contributed by atoms with van der Waals surface area (Å²) in [5.74, 6) is 0.297. The number of alkyl halides is 3. The van der Waals surface area contributed by atoms with E-state index < -0.39 is 6.36 Å². The second-order valence-corrected chi connectivity index (χ2v) is 7.48. The molecule has 1 spiro atoms. The van der Waals surface area contributed by atoms with Crippen molar-refractivity contribution in [1.29, 1.82) is 0 Å². The number of ether oxygens (including phenoxy) is 2. The summed E-state index contributed by atoms with van der Waals surface area (Å²) in [5, 5.41) is 7.85. The molecule has 1 aliphatic carbocycles. The molecule has 0 amide bonds. The lowest BCUT2D eigenvalue weighted by atomic mass is 9.62. The van der Waals surface area contributed by atoms with E-state index in [1.54, 1.807) is 4.68 Å². The van der Waals surface area contributed by atoms with Gasteiger partial charge >= 0.3 is 6.36 Å². The van der Waals surface area contributed by atoms with Crippen molar-refractivity contribution < 1.29 is 22.6 Å². The first-order valence-electron chi connectivity index (χ1n) is 9.12. The predicted octanol–water partition coefficient (Wildman–Crippen LogP) is 3.99. The molecule has 27 heavy (non-hydrogen) atoms. The molecule has 1 aromatic carbocycles. The minimum atomic E-state index is -4.70. The van der Waals surface area contributed by atoms with Gasteiger partial charge in [-0.2, -0.15) is 0 Å². The van der Waals surface area contributed by atoms with E-state index in [2.05, 4.69) is 15.2 Å². The van der Waals surface area contributed by atoms with Crippen LogP contribution in [0.2, 0.25) is 0 Å². The molecular formula is C19H22F3N3O2. The van der Waals surface area contributed by atoms with Crippen LogP contribution in [0.15, 0.2) is 30.3 Å². The maximum atomic E-state index is 12.3. The van der Waals surface area contributed by atoms with Crippen molar-refractivity contribution >= 4 is 0 Å². The monoisotopic (exact) mass is 381 g/mol. The standard InChI is InChI=1S/C19H22F3N3O2/c1-13-10-17(26-16-11-18(12-16)6-8-23-9-7-18)24-25(13)14-2-4-15(5-3-14)27-19(20,21)22/h2-5,10,16,23H,6-9,11-12H2,1H3. The first-order valence-corrected chi connectivity index (χ1v) is 9.12. The highest BCUT2D eigenvalue weighted by Crippen LogP contribution is 2.49. The number of nitrogens with one attached hydrogen (secondary N) is 1. The van der Waals surface area contributed by atoms with E-state index in [9.17, 15) is 13.2 Å². The Kier molecular flexibility index (Phi) is 4.53. The topological polar surface area (TPSA) is 48.3 Å². The van der Waals surface area contributed by atoms with Crippen molar-refractivity contribution in [1.82, 2.24) is 15.1 Å². The fourth-order valence-corrected chi connectivity index (χ4v) is 4.08. The zero-order valence-electron chi connectivity index (χ0n) is 15.1. The first-order chi connectivity index (χ1) is 12.8. The van der Waals surface area contributed by atoms with Crippen molar-refractivity contribution in [2.24, 2.45) is 5.41 Å². The van der Waals surface area contributed by atoms with E-state index in [0.717, 1.165) is 31.6 Å². The third-order valence-corrected chi connectivity index (χ3v) is 5.45. The van der Waals surface area contributed by atoms with Crippen molar-refractivity contribution in [2.45, 2.75) is 45.1 Å². The molecule has 2 aromatic rings. The lowest BCUT2D eigenvalue weighted by Gasteiger charge is -2.49. The minimum Gasteiger partial charge on any atom is -0.473 e. The number of aromatic nitrogens is 2. The van der Waals surface area contributed by atoms with Crippen LogP contribution in [0.4, 0.5) is 13.2 Å². The molecule has 1 aromatic heterocycles. The lowest BCUT2D eigenvalue weighted by molar-refractivity contribution is -0.274. The first kappa shape index (κ1) is 18.2. The Morgan fingerprint density at radius 2 is 1.81 bits per heavy atom. The highest BCUT2D eigenvalue weighted by atomic mass is 19.4. The molecule has 1 N–H and O–H groups in total. The number of nitrogens with zero attached hydrogens (tertiary/aromatic N) is 2. The van der Waals surface area contributed by atoms with Gasteiger partial charge in [-0.1, -0.05) is 0 Å². The van der Waals surface area contributed by atoms with Gasteiger partial charge in [0.25, 0.3) is 0 Å². The second kappa shape index (κ2) is 6.74. The molecule has 2 aliphatic rings. The minimum absolute atomic E-state index is 0.188. The third kappa shape index (κ3) is 4.05. The summed E-state index contributed by atoms with van der Waals surface area (Å²) < 4.78 is 48.4. The van der Waals surface area contributed by atoms with Crippen LogP contribution in [0.5, 0.6) is 11.6 Å². The van der Waals surface area contributed by atoms with Gasteiger partial charge in [-0.3, -0.25) is 0 Å². The molecule has 0 radical (unpaired) electrons. The van der Waals surface area contributed by atoms with Gasteiger partial charge in [0, 0.05) is 11.8 Å². The fourth-order valence-electron chi connectivity index (χ4n) is 4.08. The van der Waals surface area contributed by atoms with Gasteiger partial charge in [-0.25, -0.2) is 4.68 Å². The van der Waals surface area contributed by atoms with E-state index in [-0.39, 0.29) is 11.9 Å². The normalized spacial score (nSPS) is 19.7. The Bertz CT molecular complexity index is 788. The van der Waals surface area contributed by atoms with E-state index in [0.29, 0.717) is 17.0 Å². The number of hydrogen-bond donors (Lipinski definition) is 1. The molecule has 1 aliphatic heterocycles. The molecule has 0 atom stereocenters. The van der Waals surface area contributed by atoms with E-state index in [4.69, 9.17) is 4.74 Å².